The van der Waals surface area contributed by atoms with Gasteiger partial charge in [0.15, 0.2) is 5.75 Å². The number of methoxy groups -OCH3 is 1. The van der Waals surface area contributed by atoms with Crippen LogP contribution in [0.5, 0.6) is 11.5 Å². The second-order valence-corrected chi connectivity index (χ2v) is 7.61. The lowest BCUT2D eigenvalue weighted by Crippen LogP contribution is -2.13. The van der Waals surface area contributed by atoms with Crippen LogP contribution in [0.3, 0.4) is 0 Å². The Morgan fingerprint density at radius 3 is 2.62 bits per heavy atom. The smallest absolute Gasteiger partial charge is 0.330 e. The van der Waals surface area contributed by atoms with Gasteiger partial charge in [0.1, 0.15) is 17.6 Å². The van der Waals surface area contributed by atoms with Gasteiger partial charge in [-0.25, -0.2) is 4.79 Å². The van der Waals surface area contributed by atoms with E-state index >= 15 is 0 Å². The van der Waals surface area contributed by atoms with Gasteiger partial charge in [0, 0.05) is 12.1 Å². The van der Waals surface area contributed by atoms with Crippen LogP contribution >= 0.6 is 0 Å². The van der Waals surface area contributed by atoms with Crippen molar-refractivity contribution in [3.8, 4) is 17.6 Å². The zero-order valence-electron chi connectivity index (χ0n) is 16.3. The fraction of sp³-hybridized carbons (Fsp3) is 0.238. The summed E-state index contributed by atoms with van der Waals surface area (Å²) < 4.78 is 40.1. The lowest BCUT2D eigenvalue weighted by molar-refractivity contribution is -0.137. The molecule has 0 fully saturated rings. The van der Waals surface area contributed by atoms with Gasteiger partial charge in [-0.1, -0.05) is 18.2 Å². The summed E-state index contributed by atoms with van der Waals surface area (Å²) in [5.74, 6) is -0.608. The van der Waals surface area contributed by atoms with Crippen LogP contribution in [-0.4, -0.2) is 28.1 Å². The van der Waals surface area contributed by atoms with Gasteiger partial charge in [0.25, 0.3) is 0 Å². The summed E-state index contributed by atoms with van der Waals surface area (Å²) in [6.07, 6.45) is 2.86. The monoisotopic (exact) mass is 415 g/mol. The molecule has 2 aromatic rings. The van der Waals surface area contributed by atoms with Crippen molar-refractivity contribution in [3.05, 3.63) is 64.7 Å². The number of benzene rings is 2. The topological polar surface area (TPSA) is 103 Å². The standard InChI is InChI=1S/C21H21NO6S/c1-4-27-21(23)10-8-17-11-16(6-5-15(17)2)14-29(24,25)28-20-12-19(26-3)9-7-18(20)13-22/h5-12H,4,14H2,1-3H3/b10-8+. The third kappa shape index (κ3) is 6.36. The summed E-state index contributed by atoms with van der Waals surface area (Å²) >= 11 is 0. The number of hydrogen-bond acceptors (Lipinski definition) is 7. The molecule has 0 N–H and O–H groups in total. The number of ether oxygens (including phenoxy) is 2. The van der Waals surface area contributed by atoms with Crippen molar-refractivity contribution in [1.82, 2.24) is 0 Å². The highest BCUT2D eigenvalue weighted by Gasteiger charge is 2.18. The van der Waals surface area contributed by atoms with Crippen molar-refractivity contribution in [2.45, 2.75) is 19.6 Å². The molecule has 29 heavy (non-hydrogen) atoms. The van der Waals surface area contributed by atoms with E-state index in [1.807, 2.05) is 13.0 Å². The molecule has 2 rings (SSSR count). The number of carbonyl (C=O) groups excluding carboxylic acids is 1. The Labute approximate surface area is 170 Å². The van der Waals surface area contributed by atoms with Gasteiger partial charge in [-0.15, -0.1) is 0 Å². The zero-order valence-corrected chi connectivity index (χ0v) is 17.2. The lowest BCUT2D eigenvalue weighted by Gasteiger charge is -2.11. The predicted molar refractivity (Wildman–Crippen MR) is 108 cm³/mol. The maximum atomic E-state index is 12.5. The molecule has 0 saturated carbocycles. The molecule has 8 heteroatoms. The van der Waals surface area contributed by atoms with Crippen molar-refractivity contribution in [2.75, 3.05) is 13.7 Å². The average Bonchev–Trinajstić information content (AvgIpc) is 2.68. The number of nitrogens with zero attached hydrogens (tertiary/aromatic N) is 1. The Hall–Kier alpha value is -3.31. The fourth-order valence-corrected chi connectivity index (χ4v) is 3.53. The third-order valence-electron chi connectivity index (χ3n) is 3.90. The quantitative estimate of drug-likeness (QED) is 0.370. The van der Waals surface area contributed by atoms with Crippen LogP contribution in [0, 0.1) is 18.3 Å². The van der Waals surface area contributed by atoms with E-state index in [-0.39, 0.29) is 17.9 Å². The molecule has 0 amide bonds. The summed E-state index contributed by atoms with van der Waals surface area (Å²) in [6, 6.07) is 11.3. The van der Waals surface area contributed by atoms with E-state index in [1.54, 1.807) is 37.3 Å². The second kappa shape index (κ2) is 9.75. The lowest BCUT2D eigenvalue weighted by atomic mass is 10.1. The minimum atomic E-state index is -4.04. The molecule has 0 unspecified atom stereocenters. The van der Waals surface area contributed by atoms with Gasteiger partial charge in [-0.3, -0.25) is 0 Å². The molecule has 2 aromatic carbocycles. The van der Waals surface area contributed by atoms with Crippen molar-refractivity contribution < 1.29 is 26.9 Å². The zero-order chi connectivity index (χ0) is 21.4. The number of nitriles is 1. The molecule has 0 aromatic heterocycles. The van der Waals surface area contributed by atoms with Crippen molar-refractivity contribution >= 4 is 22.2 Å². The van der Waals surface area contributed by atoms with Gasteiger partial charge in [-0.2, -0.15) is 13.7 Å². The molecular formula is C21H21NO6S. The molecule has 0 aliphatic carbocycles. The van der Waals surface area contributed by atoms with Crippen LogP contribution < -0.4 is 8.92 Å². The van der Waals surface area contributed by atoms with Crippen molar-refractivity contribution in [3.63, 3.8) is 0 Å². The highest BCUT2D eigenvalue weighted by molar-refractivity contribution is 7.86. The van der Waals surface area contributed by atoms with E-state index in [0.29, 0.717) is 16.9 Å². The maximum absolute atomic E-state index is 12.5. The summed E-state index contributed by atoms with van der Waals surface area (Å²) in [7, 11) is -2.61. The van der Waals surface area contributed by atoms with Gasteiger partial charge in [-0.05, 0) is 48.7 Å². The number of esters is 1. The van der Waals surface area contributed by atoms with Crippen LogP contribution in [0.15, 0.2) is 42.5 Å². The molecular weight excluding hydrogens is 394 g/mol. The summed E-state index contributed by atoms with van der Waals surface area (Å²) in [4.78, 5) is 11.5. The first-order chi connectivity index (χ1) is 13.8. The number of hydrogen-bond donors (Lipinski definition) is 0. The Kier molecular flexibility index (Phi) is 7.39. The van der Waals surface area contributed by atoms with Gasteiger partial charge < -0.3 is 13.7 Å². The highest BCUT2D eigenvalue weighted by atomic mass is 32.2. The molecule has 0 saturated heterocycles. The van der Waals surface area contributed by atoms with E-state index in [0.717, 1.165) is 5.56 Å². The van der Waals surface area contributed by atoms with E-state index < -0.39 is 21.8 Å². The number of aryl methyl sites for hydroxylation is 1. The van der Waals surface area contributed by atoms with Crippen LogP contribution in [0.4, 0.5) is 0 Å². The predicted octanol–water partition coefficient (Wildman–Crippen LogP) is 3.36. The summed E-state index contributed by atoms with van der Waals surface area (Å²) in [5.41, 5.74) is 2.11. The summed E-state index contributed by atoms with van der Waals surface area (Å²) in [5, 5.41) is 9.17. The summed E-state index contributed by atoms with van der Waals surface area (Å²) in [6.45, 7) is 3.82. The second-order valence-electron chi connectivity index (χ2n) is 6.04. The first-order valence-electron chi connectivity index (χ1n) is 8.72. The van der Waals surface area contributed by atoms with Crippen molar-refractivity contribution in [1.29, 1.82) is 5.26 Å². The third-order valence-corrected chi connectivity index (χ3v) is 5.02. The molecule has 0 heterocycles. The first-order valence-corrected chi connectivity index (χ1v) is 10.3. The Bertz CT molecular complexity index is 1070. The Morgan fingerprint density at radius 1 is 1.21 bits per heavy atom. The van der Waals surface area contributed by atoms with E-state index in [9.17, 15) is 13.2 Å². The highest BCUT2D eigenvalue weighted by Crippen LogP contribution is 2.26. The largest absolute Gasteiger partial charge is 0.497 e. The molecule has 0 atom stereocenters. The minimum absolute atomic E-state index is 0.0799. The van der Waals surface area contributed by atoms with E-state index in [1.165, 1.54) is 25.3 Å². The molecule has 0 bridgehead atoms. The maximum Gasteiger partial charge on any atom is 0.330 e. The molecule has 0 radical (unpaired) electrons. The van der Waals surface area contributed by atoms with Gasteiger partial charge in [0.05, 0.1) is 19.3 Å². The van der Waals surface area contributed by atoms with Crippen molar-refractivity contribution in [2.24, 2.45) is 0 Å². The average molecular weight is 415 g/mol. The van der Waals surface area contributed by atoms with Crippen LogP contribution in [0.1, 0.15) is 29.2 Å². The fourth-order valence-electron chi connectivity index (χ4n) is 2.47. The normalized spacial score (nSPS) is 11.1. The van der Waals surface area contributed by atoms with Crippen LogP contribution in [0.2, 0.25) is 0 Å². The van der Waals surface area contributed by atoms with Crippen LogP contribution in [0.25, 0.3) is 6.08 Å². The Balaban J connectivity index is 2.24. The number of rotatable bonds is 8. The molecule has 0 aliphatic heterocycles. The van der Waals surface area contributed by atoms with E-state index in [4.69, 9.17) is 18.9 Å². The molecule has 0 aliphatic rings. The SMILES string of the molecule is CCOC(=O)/C=C/c1cc(CS(=O)(=O)Oc2cc(OC)ccc2C#N)ccc1C. The molecule has 152 valence electrons. The molecule has 7 nitrogen and oxygen atoms in total. The first kappa shape index (κ1) is 22.0. The van der Waals surface area contributed by atoms with Gasteiger partial charge >= 0.3 is 16.1 Å². The minimum Gasteiger partial charge on any atom is -0.497 e. The molecule has 0 spiro atoms. The Morgan fingerprint density at radius 2 is 1.97 bits per heavy atom. The van der Waals surface area contributed by atoms with Gasteiger partial charge in [0.2, 0.25) is 0 Å². The van der Waals surface area contributed by atoms with Crippen LogP contribution in [-0.2, 0) is 25.4 Å². The number of carbonyl (C=O) groups is 1. The van der Waals surface area contributed by atoms with E-state index in [2.05, 4.69) is 0 Å².